The number of methoxy groups -OCH3 is 1. The number of benzene rings is 1. The van der Waals surface area contributed by atoms with E-state index in [0.29, 0.717) is 5.41 Å². The van der Waals surface area contributed by atoms with Crippen LogP contribution in [0.5, 0.6) is 5.75 Å². The van der Waals surface area contributed by atoms with Crippen molar-refractivity contribution in [2.24, 2.45) is 11.1 Å². The van der Waals surface area contributed by atoms with Crippen molar-refractivity contribution in [1.29, 1.82) is 0 Å². The highest BCUT2D eigenvalue weighted by Gasteiger charge is 2.32. The maximum Gasteiger partial charge on any atom is 0.118 e. The van der Waals surface area contributed by atoms with E-state index in [2.05, 4.69) is 24.0 Å². The summed E-state index contributed by atoms with van der Waals surface area (Å²) in [7, 11) is 1.70. The molecule has 1 saturated heterocycles. The molecule has 1 aromatic carbocycles. The minimum Gasteiger partial charge on any atom is -0.497 e. The molecule has 0 radical (unpaired) electrons. The van der Waals surface area contributed by atoms with Gasteiger partial charge in [-0.15, -0.1) is 0 Å². The Bertz CT molecular complexity index is 363. The average Bonchev–Trinajstić information content (AvgIpc) is 2.73. The van der Waals surface area contributed by atoms with Crippen LogP contribution in [-0.2, 0) is 6.54 Å². The molecule has 0 aromatic heterocycles. The van der Waals surface area contributed by atoms with Crippen LogP contribution in [0.25, 0.3) is 0 Å². The average molecular weight is 234 g/mol. The third-order valence-corrected chi connectivity index (χ3v) is 3.69. The Morgan fingerprint density at radius 3 is 2.59 bits per heavy atom. The van der Waals surface area contributed by atoms with E-state index in [4.69, 9.17) is 10.5 Å². The van der Waals surface area contributed by atoms with E-state index >= 15 is 0 Å². The number of hydrogen-bond donors (Lipinski definition) is 1. The van der Waals surface area contributed by atoms with Crippen LogP contribution in [0.3, 0.4) is 0 Å². The van der Waals surface area contributed by atoms with Gasteiger partial charge in [0.25, 0.3) is 0 Å². The molecule has 1 aliphatic heterocycles. The van der Waals surface area contributed by atoms with Gasteiger partial charge in [-0.2, -0.15) is 0 Å². The third-order valence-electron chi connectivity index (χ3n) is 3.69. The summed E-state index contributed by atoms with van der Waals surface area (Å²) in [5.41, 5.74) is 7.47. The van der Waals surface area contributed by atoms with E-state index in [1.54, 1.807) is 7.11 Å². The van der Waals surface area contributed by atoms with Crippen molar-refractivity contribution < 1.29 is 4.74 Å². The highest BCUT2D eigenvalue weighted by molar-refractivity contribution is 5.27. The molecule has 0 amide bonds. The van der Waals surface area contributed by atoms with Gasteiger partial charge in [-0.1, -0.05) is 19.1 Å². The fourth-order valence-corrected chi connectivity index (χ4v) is 2.42. The smallest absolute Gasteiger partial charge is 0.118 e. The predicted molar refractivity (Wildman–Crippen MR) is 70.0 cm³/mol. The van der Waals surface area contributed by atoms with E-state index in [0.717, 1.165) is 31.9 Å². The summed E-state index contributed by atoms with van der Waals surface area (Å²) >= 11 is 0. The summed E-state index contributed by atoms with van der Waals surface area (Å²) in [5, 5.41) is 0. The number of nitrogens with zero attached hydrogens (tertiary/aromatic N) is 1. The lowest BCUT2D eigenvalue weighted by molar-refractivity contribution is 0.274. The Hall–Kier alpha value is -1.06. The molecule has 1 heterocycles. The van der Waals surface area contributed by atoms with Crippen LogP contribution in [0.4, 0.5) is 0 Å². The van der Waals surface area contributed by atoms with Gasteiger partial charge < -0.3 is 10.5 Å². The first-order valence-corrected chi connectivity index (χ1v) is 6.20. The minimum absolute atomic E-state index is 0.312. The van der Waals surface area contributed by atoms with Crippen molar-refractivity contribution in [2.45, 2.75) is 19.9 Å². The quantitative estimate of drug-likeness (QED) is 0.864. The zero-order valence-corrected chi connectivity index (χ0v) is 10.8. The molecular weight excluding hydrogens is 212 g/mol. The van der Waals surface area contributed by atoms with Crippen molar-refractivity contribution in [2.75, 3.05) is 26.7 Å². The van der Waals surface area contributed by atoms with Crippen LogP contribution in [0, 0.1) is 5.41 Å². The molecule has 1 aromatic rings. The second-order valence-corrected chi connectivity index (χ2v) is 5.32. The molecular formula is C14H22N2O. The van der Waals surface area contributed by atoms with Crippen LogP contribution < -0.4 is 10.5 Å². The molecule has 1 atom stereocenters. The van der Waals surface area contributed by atoms with Crippen LogP contribution in [-0.4, -0.2) is 31.6 Å². The molecule has 1 fully saturated rings. The van der Waals surface area contributed by atoms with Crippen molar-refractivity contribution in [3.63, 3.8) is 0 Å². The van der Waals surface area contributed by atoms with Gasteiger partial charge in [-0.25, -0.2) is 0 Å². The molecule has 94 valence electrons. The summed E-state index contributed by atoms with van der Waals surface area (Å²) in [6.07, 6.45) is 1.21. The van der Waals surface area contributed by atoms with Crippen LogP contribution >= 0.6 is 0 Å². The first-order chi connectivity index (χ1) is 8.15. The topological polar surface area (TPSA) is 38.5 Å². The second-order valence-electron chi connectivity index (χ2n) is 5.32. The van der Waals surface area contributed by atoms with Crippen molar-refractivity contribution in [3.8, 4) is 5.75 Å². The van der Waals surface area contributed by atoms with Crippen LogP contribution in [0.15, 0.2) is 24.3 Å². The van der Waals surface area contributed by atoms with Crippen molar-refractivity contribution in [1.82, 2.24) is 4.90 Å². The molecule has 0 spiro atoms. The van der Waals surface area contributed by atoms with Gasteiger partial charge in [0.15, 0.2) is 0 Å². The van der Waals surface area contributed by atoms with E-state index in [1.165, 1.54) is 12.0 Å². The third kappa shape index (κ3) is 2.99. The summed E-state index contributed by atoms with van der Waals surface area (Å²) in [6, 6.07) is 8.31. The summed E-state index contributed by atoms with van der Waals surface area (Å²) < 4.78 is 5.16. The molecule has 3 nitrogen and oxygen atoms in total. The highest BCUT2D eigenvalue weighted by Crippen LogP contribution is 2.29. The Morgan fingerprint density at radius 2 is 2.06 bits per heavy atom. The zero-order valence-electron chi connectivity index (χ0n) is 10.8. The maximum atomic E-state index is 5.82. The number of rotatable bonds is 4. The normalized spacial score (nSPS) is 25.1. The van der Waals surface area contributed by atoms with Crippen LogP contribution in [0.1, 0.15) is 18.9 Å². The van der Waals surface area contributed by atoms with Gasteiger partial charge in [0.2, 0.25) is 0 Å². The van der Waals surface area contributed by atoms with Gasteiger partial charge in [-0.3, -0.25) is 4.90 Å². The number of hydrogen-bond acceptors (Lipinski definition) is 3. The largest absolute Gasteiger partial charge is 0.497 e. The summed E-state index contributed by atoms with van der Waals surface area (Å²) in [4.78, 5) is 2.48. The molecule has 1 aliphatic rings. The number of likely N-dealkylation sites (tertiary alicyclic amines) is 1. The van der Waals surface area contributed by atoms with Crippen molar-refractivity contribution in [3.05, 3.63) is 29.8 Å². The fraction of sp³-hybridized carbons (Fsp3) is 0.571. The van der Waals surface area contributed by atoms with Gasteiger partial charge >= 0.3 is 0 Å². The van der Waals surface area contributed by atoms with Gasteiger partial charge in [0, 0.05) is 13.1 Å². The zero-order chi connectivity index (χ0) is 12.3. The SMILES string of the molecule is COc1ccc(CN2CCC(C)(CN)C2)cc1. The maximum absolute atomic E-state index is 5.82. The minimum atomic E-state index is 0.312. The number of ether oxygens (including phenoxy) is 1. The first-order valence-electron chi connectivity index (χ1n) is 6.20. The molecule has 0 aliphatic carbocycles. The Morgan fingerprint density at radius 1 is 1.35 bits per heavy atom. The van der Waals surface area contributed by atoms with Gasteiger partial charge in [0.1, 0.15) is 5.75 Å². The molecule has 3 heteroatoms. The Balaban J connectivity index is 1.93. The van der Waals surface area contributed by atoms with E-state index < -0.39 is 0 Å². The monoisotopic (exact) mass is 234 g/mol. The first kappa shape index (κ1) is 12.4. The molecule has 0 saturated carbocycles. The predicted octanol–water partition coefficient (Wildman–Crippen LogP) is 1.87. The van der Waals surface area contributed by atoms with Gasteiger partial charge in [-0.05, 0) is 42.6 Å². The highest BCUT2D eigenvalue weighted by atomic mass is 16.5. The second kappa shape index (κ2) is 5.07. The fourth-order valence-electron chi connectivity index (χ4n) is 2.42. The Labute approximate surface area is 104 Å². The van der Waals surface area contributed by atoms with E-state index in [1.807, 2.05) is 12.1 Å². The molecule has 1 unspecified atom stereocenters. The molecule has 17 heavy (non-hydrogen) atoms. The van der Waals surface area contributed by atoms with Crippen molar-refractivity contribution >= 4 is 0 Å². The van der Waals surface area contributed by atoms with E-state index in [9.17, 15) is 0 Å². The lowest BCUT2D eigenvalue weighted by Crippen LogP contribution is -2.31. The lowest BCUT2D eigenvalue weighted by Gasteiger charge is -2.22. The standard InChI is InChI=1S/C14H22N2O/c1-14(10-15)7-8-16(11-14)9-12-3-5-13(17-2)6-4-12/h3-6H,7-11,15H2,1-2H3. The summed E-state index contributed by atoms with van der Waals surface area (Å²) in [5.74, 6) is 0.918. The molecule has 2 rings (SSSR count). The van der Waals surface area contributed by atoms with Crippen LogP contribution in [0.2, 0.25) is 0 Å². The molecule has 2 N–H and O–H groups in total. The number of nitrogens with two attached hydrogens (primary N) is 1. The van der Waals surface area contributed by atoms with E-state index in [-0.39, 0.29) is 0 Å². The Kier molecular flexibility index (Phi) is 3.69. The summed E-state index contributed by atoms with van der Waals surface area (Å²) in [6.45, 7) is 6.34. The lowest BCUT2D eigenvalue weighted by atomic mass is 9.90. The van der Waals surface area contributed by atoms with Gasteiger partial charge in [0.05, 0.1) is 7.11 Å². The molecule has 0 bridgehead atoms.